The van der Waals surface area contributed by atoms with E-state index in [4.69, 9.17) is 16.3 Å². The average molecular weight is 306 g/mol. The molecule has 0 aliphatic carbocycles. The summed E-state index contributed by atoms with van der Waals surface area (Å²) in [7, 11) is 0. The largest absolute Gasteiger partial charge is 0.381 e. The number of benzene rings is 1. The normalized spacial score (nSPS) is 17.9. The maximum Gasteiger partial charge on any atom is 0.231 e. The second-order valence-corrected chi connectivity index (χ2v) is 5.57. The highest BCUT2D eigenvalue weighted by Crippen LogP contribution is 2.20. The third-order valence-electron chi connectivity index (χ3n) is 3.53. The van der Waals surface area contributed by atoms with E-state index in [0.717, 1.165) is 17.7 Å². The Labute approximate surface area is 127 Å². The first-order valence-corrected chi connectivity index (χ1v) is 7.22. The number of ether oxygens (including phenoxy) is 1. The molecule has 1 aromatic carbocycles. The molecule has 2 heterocycles. The van der Waals surface area contributed by atoms with Gasteiger partial charge in [0.2, 0.25) is 5.91 Å². The van der Waals surface area contributed by atoms with E-state index in [-0.39, 0.29) is 11.8 Å². The van der Waals surface area contributed by atoms with Crippen molar-refractivity contribution >= 4 is 23.3 Å². The lowest BCUT2D eigenvalue weighted by Crippen LogP contribution is -2.23. The number of carbonyl (C=O) groups is 1. The molecule has 1 aromatic heterocycles. The minimum atomic E-state index is -0.0786. The molecule has 1 N–H and O–H groups in total. The first-order chi connectivity index (χ1) is 10.1. The topological polar surface area (TPSA) is 56.2 Å². The third-order valence-corrected chi connectivity index (χ3v) is 3.78. The predicted octanol–water partition coefficient (Wildman–Crippen LogP) is 2.81. The van der Waals surface area contributed by atoms with Crippen molar-refractivity contribution in [3.8, 4) is 5.69 Å². The molecule has 5 nitrogen and oxygen atoms in total. The lowest BCUT2D eigenvalue weighted by atomic mass is 10.1. The predicted molar refractivity (Wildman–Crippen MR) is 80.9 cm³/mol. The van der Waals surface area contributed by atoms with Crippen molar-refractivity contribution in [3.63, 3.8) is 0 Å². The van der Waals surface area contributed by atoms with E-state index < -0.39 is 0 Å². The second-order valence-electron chi connectivity index (χ2n) is 5.13. The number of hydrogen-bond donors (Lipinski definition) is 1. The molecule has 0 radical (unpaired) electrons. The first kappa shape index (κ1) is 14.1. The maximum absolute atomic E-state index is 12.1. The summed E-state index contributed by atoms with van der Waals surface area (Å²) in [6, 6.07) is 7.38. The molecule has 1 amide bonds. The smallest absolute Gasteiger partial charge is 0.231 e. The van der Waals surface area contributed by atoms with Gasteiger partial charge in [0.1, 0.15) is 0 Å². The van der Waals surface area contributed by atoms with Gasteiger partial charge >= 0.3 is 0 Å². The molecule has 3 rings (SSSR count). The van der Waals surface area contributed by atoms with Gasteiger partial charge in [0, 0.05) is 23.4 Å². The van der Waals surface area contributed by atoms with Crippen molar-refractivity contribution in [2.24, 2.45) is 5.92 Å². The third kappa shape index (κ3) is 3.09. The zero-order valence-electron chi connectivity index (χ0n) is 11.7. The SMILES string of the molecule is Cc1cn(-c2ccc(Cl)cc2)nc1NC(=O)[C@H]1CCOC1. The summed E-state index contributed by atoms with van der Waals surface area (Å²) in [5.41, 5.74) is 1.81. The van der Waals surface area contributed by atoms with Crippen LogP contribution in [0.1, 0.15) is 12.0 Å². The molecule has 1 atom stereocenters. The van der Waals surface area contributed by atoms with Crippen molar-refractivity contribution in [1.82, 2.24) is 9.78 Å². The molecule has 2 aromatic rings. The van der Waals surface area contributed by atoms with Crippen LogP contribution in [0.4, 0.5) is 5.82 Å². The summed E-state index contributed by atoms with van der Waals surface area (Å²) < 4.78 is 6.96. The fourth-order valence-corrected chi connectivity index (χ4v) is 2.40. The first-order valence-electron chi connectivity index (χ1n) is 6.84. The molecule has 1 saturated heterocycles. The van der Waals surface area contributed by atoms with Gasteiger partial charge in [-0.25, -0.2) is 4.68 Å². The molecular weight excluding hydrogens is 290 g/mol. The van der Waals surface area contributed by atoms with Gasteiger partial charge in [0.15, 0.2) is 5.82 Å². The number of carbonyl (C=O) groups excluding carboxylic acids is 1. The Hall–Kier alpha value is -1.85. The van der Waals surface area contributed by atoms with Crippen LogP contribution in [0.25, 0.3) is 5.69 Å². The minimum absolute atomic E-state index is 0.0306. The second kappa shape index (κ2) is 5.87. The Kier molecular flexibility index (Phi) is 3.94. The summed E-state index contributed by atoms with van der Waals surface area (Å²) in [6.45, 7) is 3.05. The van der Waals surface area contributed by atoms with Crippen LogP contribution in [-0.2, 0) is 9.53 Å². The molecule has 0 saturated carbocycles. The number of amides is 1. The highest BCUT2D eigenvalue weighted by molar-refractivity contribution is 6.30. The Morgan fingerprint density at radius 3 is 2.86 bits per heavy atom. The molecular formula is C15H16ClN3O2. The van der Waals surface area contributed by atoms with E-state index >= 15 is 0 Å². The molecule has 1 fully saturated rings. The number of hydrogen-bond acceptors (Lipinski definition) is 3. The van der Waals surface area contributed by atoms with Crippen LogP contribution in [0, 0.1) is 12.8 Å². The van der Waals surface area contributed by atoms with E-state index in [2.05, 4.69) is 10.4 Å². The molecule has 110 valence electrons. The van der Waals surface area contributed by atoms with Crippen LogP contribution in [-0.4, -0.2) is 28.9 Å². The number of nitrogens with zero attached hydrogens (tertiary/aromatic N) is 2. The summed E-state index contributed by atoms with van der Waals surface area (Å²) in [5, 5.41) is 7.98. The van der Waals surface area contributed by atoms with E-state index in [1.165, 1.54) is 0 Å². The van der Waals surface area contributed by atoms with Crippen LogP contribution < -0.4 is 5.32 Å². The van der Waals surface area contributed by atoms with Crippen LogP contribution in [0.3, 0.4) is 0 Å². The van der Waals surface area contributed by atoms with Crippen LogP contribution in [0.2, 0.25) is 5.02 Å². The fraction of sp³-hybridized carbons (Fsp3) is 0.333. The number of anilines is 1. The van der Waals surface area contributed by atoms with Gasteiger partial charge in [-0.05, 0) is 37.6 Å². The molecule has 0 spiro atoms. The van der Waals surface area contributed by atoms with Gasteiger partial charge in [0.05, 0.1) is 18.2 Å². The van der Waals surface area contributed by atoms with Gasteiger partial charge in [-0.2, -0.15) is 0 Å². The van der Waals surface area contributed by atoms with E-state index in [1.54, 1.807) is 4.68 Å². The Bertz CT molecular complexity index is 645. The fourth-order valence-electron chi connectivity index (χ4n) is 2.27. The number of aryl methyl sites for hydroxylation is 1. The lowest BCUT2D eigenvalue weighted by Gasteiger charge is -2.07. The molecule has 1 aliphatic rings. The van der Waals surface area contributed by atoms with Gasteiger partial charge in [0.25, 0.3) is 0 Å². The quantitative estimate of drug-likeness (QED) is 0.948. The van der Waals surface area contributed by atoms with Crippen LogP contribution in [0.5, 0.6) is 0 Å². The average Bonchev–Trinajstić information content (AvgIpc) is 3.10. The van der Waals surface area contributed by atoms with Crippen molar-refractivity contribution in [3.05, 3.63) is 41.0 Å². The van der Waals surface area contributed by atoms with Crippen molar-refractivity contribution in [2.75, 3.05) is 18.5 Å². The lowest BCUT2D eigenvalue weighted by molar-refractivity contribution is -0.119. The number of halogens is 1. The van der Waals surface area contributed by atoms with E-state index in [9.17, 15) is 4.79 Å². The number of rotatable bonds is 3. The molecule has 0 unspecified atom stereocenters. The van der Waals surface area contributed by atoms with Gasteiger partial charge < -0.3 is 10.1 Å². The maximum atomic E-state index is 12.1. The summed E-state index contributed by atoms with van der Waals surface area (Å²) in [6.07, 6.45) is 2.65. The van der Waals surface area contributed by atoms with Crippen LogP contribution in [0.15, 0.2) is 30.5 Å². The van der Waals surface area contributed by atoms with Crippen molar-refractivity contribution in [2.45, 2.75) is 13.3 Å². The highest BCUT2D eigenvalue weighted by atomic mass is 35.5. The monoisotopic (exact) mass is 305 g/mol. The Balaban J connectivity index is 1.77. The standard InChI is InChI=1S/C15H16ClN3O2/c1-10-8-19(13-4-2-12(16)3-5-13)18-14(10)17-15(20)11-6-7-21-9-11/h2-5,8,11H,6-7,9H2,1H3,(H,17,18,20)/t11-/m0/s1. The molecule has 0 bridgehead atoms. The summed E-state index contributed by atoms with van der Waals surface area (Å²) in [5.74, 6) is 0.476. The Morgan fingerprint density at radius 2 is 2.19 bits per heavy atom. The molecule has 1 aliphatic heterocycles. The van der Waals surface area contributed by atoms with Crippen molar-refractivity contribution in [1.29, 1.82) is 0 Å². The number of aromatic nitrogens is 2. The molecule has 6 heteroatoms. The minimum Gasteiger partial charge on any atom is -0.381 e. The summed E-state index contributed by atoms with van der Waals surface area (Å²) in [4.78, 5) is 12.1. The zero-order valence-corrected chi connectivity index (χ0v) is 12.4. The zero-order chi connectivity index (χ0) is 14.8. The number of nitrogens with one attached hydrogen (secondary N) is 1. The Morgan fingerprint density at radius 1 is 1.43 bits per heavy atom. The summed E-state index contributed by atoms with van der Waals surface area (Å²) >= 11 is 5.88. The van der Waals surface area contributed by atoms with E-state index in [1.807, 2.05) is 37.4 Å². The van der Waals surface area contributed by atoms with Crippen LogP contribution >= 0.6 is 11.6 Å². The highest BCUT2D eigenvalue weighted by Gasteiger charge is 2.24. The molecule has 21 heavy (non-hydrogen) atoms. The van der Waals surface area contributed by atoms with Gasteiger partial charge in [-0.1, -0.05) is 11.6 Å². The van der Waals surface area contributed by atoms with Gasteiger partial charge in [-0.3, -0.25) is 4.79 Å². The van der Waals surface area contributed by atoms with Crippen molar-refractivity contribution < 1.29 is 9.53 Å². The van der Waals surface area contributed by atoms with Gasteiger partial charge in [-0.15, -0.1) is 5.10 Å². The van der Waals surface area contributed by atoms with E-state index in [0.29, 0.717) is 24.1 Å².